The average molecular weight is 383 g/mol. The molecule has 0 spiro atoms. The molecule has 0 bridgehead atoms. The fourth-order valence-corrected chi connectivity index (χ4v) is 11.0. The maximum atomic E-state index is 6.01. The molecule has 0 amide bonds. The molecular weight excluding hydrogens is 344 g/mol. The summed E-state index contributed by atoms with van der Waals surface area (Å²) >= 11 is 2.04. The van der Waals surface area contributed by atoms with Crippen LogP contribution in [0, 0.1) is 0 Å². The van der Waals surface area contributed by atoms with Crippen LogP contribution >= 0.6 is 11.8 Å². The second-order valence-electron chi connectivity index (χ2n) is 5.35. The van der Waals surface area contributed by atoms with Crippen molar-refractivity contribution in [1.82, 2.24) is 0 Å². The van der Waals surface area contributed by atoms with E-state index in [-0.39, 0.29) is 0 Å². The van der Waals surface area contributed by atoms with Crippen LogP contribution in [0.4, 0.5) is 0 Å². The molecule has 0 aromatic carbocycles. The van der Waals surface area contributed by atoms with Crippen molar-refractivity contribution in [2.45, 2.75) is 77.0 Å². The van der Waals surface area contributed by atoms with Crippen LogP contribution in [0.3, 0.4) is 0 Å². The van der Waals surface area contributed by atoms with Gasteiger partial charge in [-0.05, 0) is 40.5 Å². The van der Waals surface area contributed by atoms with E-state index < -0.39 is 18.6 Å². The van der Waals surface area contributed by atoms with E-state index >= 15 is 0 Å². The van der Waals surface area contributed by atoms with Gasteiger partial charge < -0.3 is 17.7 Å². The summed E-state index contributed by atoms with van der Waals surface area (Å²) in [6.45, 7) is 15.7. The zero-order chi connectivity index (χ0) is 17.5. The molecule has 4 nitrogen and oxygen atoms in total. The zero-order valence-electron chi connectivity index (χ0n) is 16.0. The van der Waals surface area contributed by atoms with Crippen LogP contribution in [0.1, 0.15) is 67.2 Å². The normalized spacial score (nSPS) is 14.6. The molecule has 0 aliphatic carbocycles. The third kappa shape index (κ3) is 10.3. The van der Waals surface area contributed by atoms with Crippen molar-refractivity contribution in [1.29, 1.82) is 0 Å². The molecule has 0 radical (unpaired) electrons. The fourth-order valence-electron chi connectivity index (χ4n) is 2.51. The van der Waals surface area contributed by atoms with E-state index in [0.717, 1.165) is 52.1 Å². The summed E-state index contributed by atoms with van der Waals surface area (Å²) in [7, 11) is -3.31. The lowest BCUT2D eigenvalue weighted by atomic mass is 10.4. The molecule has 0 aliphatic rings. The largest absolute Gasteiger partial charge is 0.396 e. The average Bonchev–Trinajstić information content (AvgIpc) is 2.53. The van der Waals surface area contributed by atoms with Gasteiger partial charge in [0.15, 0.2) is 0 Å². The first-order chi connectivity index (χ1) is 11.2. The van der Waals surface area contributed by atoms with Gasteiger partial charge in [0, 0.05) is 36.2 Å². The lowest BCUT2D eigenvalue weighted by molar-refractivity contribution is 0.209. The van der Waals surface area contributed by atoms with Crippen LogP contribution in [0.5, 0.6) is 0 Å². The minimum atomic E-state index is -1.65. The first-order valence-electron chi connectivity index (χ1n) is 9.29. The molecule has 0 saturated carbocycles. The Labute approximate surface area is 151 Å². The Morgan fingerprint density at radius 3 is 1.13 bits per heavy atom. The predicted molar refractivity (Wildman–Crippen MR) is 106 cm³/mol. The Morgan fingerprint density at radius 2 is 0.913 bits per heavy atom. The number of hydrogen-bond acceptors (Lipinski definition) is 5. The number of hydrogen-bond donors (Lipinski definition) is 0. The molecule has 7 heteroatoms. The van der Waals surface area contributed by atoms with Crippen LogP contribution in [-0.4, -0.2) is 54.7 Å². The molecule has 0 rings (SSSR count). The summed E-state index contributed by atoms with van der Waals surface area (Å²) in [6, 6.07) is 0. The van der Waals surface area contributed by atoms with Gasteiger partial charge in [-0.2, -0.15) is 11.8 Å². The third-order valence-corrected chi connectivity index (χ3v) is 11.4. The van der Waals surface area contributed by atoms with Crippen molar-refractivity contribution in [3.8, 4) is 0 Å². The maximum absolute atomic E-state index is 6.01. The first-order valence-corrected chi connectivity index (χ1v) is 13.5. The van der Waals surface area contributed by atoms with Gasteiger partial charge in [-0.15, -0.1) is 0 Å². The molecule has 0 fully saturated rings. The van der Waals surface area contributed by atoms with Gasteiger partial charge in [-0.25, -0.2) is 0 Å². The van der Waals surface area contributed by atoms with E-state index in [1.54, 1.807) is 0 Å². The standard InChI is InChI=1S/C16H38O4SSi2/c1-7-13-15(22(17-9-3)18-10-4)21-16(14-8-2)23(19-11-5)20-12-6/h15-16,22-23H,7-14H2,1-6H3. The molecule has 2 atom stereocenters. The van der Waals surface area contributed by atoms with Gasteiger partial charge in [0.05, 0.1) is 0 Å². The van der Waals surface area contributed by atoms with Crippen molar-refractivity contribution < 1.29 is 17.7 Å². The molecule has 2 unspecified atom stereocenters. The molecule has 0 N–H and O–H groups in total. The molecule has 23 heavy (non-hydrogen) atoms. The van der Waals surface area contributed by atoms with Crippen molar-refractivity contribution >= 4 is 30.3 Å². The van der Waals surface area contributed by atoms with Gasteiger partial charge >= 0.3 is 18.6 Å². The molecule has 0 aromatic rings. The molecule has 140 valence electrons. The van der Waals surface area contributed by atoms with Crippen LogP contribution in [0.25, 0.3) is 0 Å². The molecule has 0 aliphatic heterocycles. The third-order valence-electron chi connectivity index (χ3n) is 3.43. The second kappa shape index (κ2) is 16.1. The Balaban J connectivity index is 5.01. The number of thioether (sulfide) groups is 1. The first kappa shape index (κ1) is 23.6. The summed E-state index contributed by atoms with van der Waals surface area (Å²) in [5.74, 6) is 0. The van der Waals surface area contributed by atoms with Gasteiger partial charge in [0.1, 0.15) is 0 Å². The van der Waals surface area contributed by atoms with Crippen molar-refractivity contribution in [3.05, 3.63) is 0 Å². The smallest absolute Gasteiger partial charge is 0.334 e. The summed E-state index contributed by atoms with van der Waals surface area (Å²) < 4.78 is 24.0. The topological polar surface area (TPSA) is 36.9 Å². The van der Waals surface area contributed by atoms with E-state index in [2.05, 4.69) is 41.5 Å². The monoisotopic (exact) mass is 382 g/mol. The highest BCUT2D eigenvalue weighted by Gasteiger charge is 2.34. The second-order valence-corrected chi connectivity index (χ2v) is 12.2. The quantitative estimate of drug-likeness (QED) is 0.380. The van der Waals surface area contributed by atoms with Gasteiger partial charge in [0.25, 0.3) is 0 Å². The lowest BCUT2D eigenvalue weighted by Crippen LogP contribution is -2.42. The summed E-state index contributed by atoms with van der Waals surface area (Å²) in [5.41, 5.74) is 0. The van der Waals surface area contributed by atoms with Crippen molar-refractivity contribution in [2.75, 3.05) is 26.4 Å². The Hall–Kier alpha value is 0.624. The Kier molecular flexibility index (Phi) is 16.5. The zero-order valence-corrected chi connectivity index (χ0v) is 19.1. The van der Waals surface area contributed by atoms with Gasteiger partial charge in [0.2, 0.25) is 0 Å². The minimum absolute atomic E-state index is 0.479. The SMILES string of the molecule is CCCC(SC(CCC)[SiH](OCC)OCC)[SiH](OCC)OCC. The summed E-state index contributed by atoms with van der Waals surface area (Å²) in [5, 5.41) is 0. The molecule has 0 heterocycles. The van der Waals surface area contributed by atoms with Gasteiger partial charge in [-0.3, -0.25) is 0 Å². The lowest BCUT2D eigenvalue weighted by Gasteiger charge is -2.30. The van der Waals surface area contributed by atoms with E-state index in [0.29, 0.717) is 9.75 Å². The van der Waals surface area contributed by atoms with E-state index in [9.17, 15) is 0 Å². The van der Waals surface area contributed by atoms with E-state index in [1.807, 2.05) is 11.8 Å². The highest BCUT2D eigenvalue weighted by molar-refractivity contribution is 8.03. The van der Waals surface area contributed by atoms with Crippen LogP contribution in [0.15, 0.2) is 0 Å². The highest BCUT2D eigenvalue weighted by Crippen LogP contribution is 2.30. The Morgan fingerprint density at radius 1 is 0.609 bits per heavy atom. The number of rotatable bonds is 16. The van der Waals surface area contributed by atoms with Crippen molar-refractivity contribution in [3.63, 3.8) is 0 Å². The predicted octanol–water partition coefficient (Wildman–Crippen LogP) is 3.72. The summed E-state index contributed by atoms with van der Waals surface area (Å²) in [4.78, 5) is 0.958. The van der Waals surface area contributed by atoms with E-state index in [1.165, 1.54) is 0 Å². The van der Waals surface area contributed by atoms with Crippen LogP contribution in [-0.2, 0) is 17.7 Å². The fraction of sp³-hybridized carbons (Fsp3) is 1.00. The van der Waals surface area contributed by atoms with E-state index in [4.69, 9.17) is 17.7 Å². The Bertz CT molecular complexity index is 226. The van der Waals surface area contributed by atoms with Crippen LogP contribution < -0.4 is 0 Å². The molecular formula is C16H38O4SSi2. The highest BCUT2D eigenvalue weighted by atomic mass is 32.2. The summed E-state index contributed by atoms with van der Waals surface area (Å²) in [6.07, 6.45) is 4.63. The molecule has 0 saturated heterocycles. The minimum Gasteiger partial charge on any atom is -0.396 e. The van der Waals surface area contributed by atoms with Gasteiger partial charge in [-0.1, -0.05) is 26.7 Å². The van der Waals surface area contributed by atoms with Crippen molar-refractivity contribution in [2.24, 2.45) is 0 Å². The maximum Gasteiger partial charge on any atom is 0.334 e. The van der Waals surface area contributed by atoms with Crippen LogP contribution in [0.2, 0.25) is 0 Å². The molecule has 0 aromatic heterocycles.